The average Bonchev–Trinajstić information content (AvgIpc) is 2.35. The number of anilines is 1. The Morgan fingerprint density at radius 1 is 1.39 bits per heavy atom. The minimum absolute atomic E-state index is 0.0968. The monoisotopic (exact) mass is 258 g/mol. The predicted molar refractivity (Wildman–Crippen MR) is 64.2 cm³/mol. The molecule has 0 aromatic heterocycles. The number of rotatable bonds is 8. The van der Waals surface area contributed by atoms with Gasteiger partial charge < -0.3 is 14.8 Å². The van der Waals surface area contributed by atoms with Crippen LogP contribution in [0.5, 0.6) is 0 Å². The molecule has 1 N–H and O–H groups in total. The van der Waals surface area contributed by atoms with Crippen LogP contribution in [-0.2, 0) is 9.47 Å². The fraction of sp³-hybridized carbons (Fsp3) is 0.455. The zero-order valence-corrected chi connectivity index (χ0v) is 10.0. The summed E-state index contributed by atoms with van der Waals surface area (Å²) in [6, 6.07) is 3.34. The number of benzene rings is 1. The van der Waals surface area contributed by atoms with E-state index < -0.39 is 10.7 Å². The van der Waals surface area contributed by atoms with Crippen molar-refractivity contribution in [1.29, 1.82) is 0 Å². The summed E-state index contributed by atoms with van der Waals surface area (Å²) >= 11 is 0. The number of non-ortho nitro benzene ring substituents is 1. The number of nitro groups is 1. The van der Waals surface area contributed by atoms with E-state index in [1.165, 1.54) is 0 Å². The third kappa shape index (κ3) is 4.64. The first-order valence-corrected chi connectivity index (χ1v) is 5.39. The molecule has 0 radical (unpaired) electrons. The number of methoxy groups -OCH3 is 1. The van der Waals surface area contributed by atoms with Crippen molar-refractivity contribution < 1.29 is 18.8 Å². The lowest BCUT2D eigenvalue weighted by Crippen LogP contribution is -2.12. The molecule has 0 spiro atoms. The fourth-order valence-corrected chi connectivity index (χ4v) is 1.26. The highest BCUT2D eigenvalue weighted by Crippen LogP contribution is 2.20. The Kier molecular flexibility index (Phi) is 6.03. The summed E-state index contributed by atoms with van der Waals surface area (Å²) < 4.78 is 23.3. The number of hydrogen-bond acceptors (Lipinski definition) is 5. The van der Waals surface area contributed by atoms with E-state index in [0.29, 0.717) is 26.4 Å². The van der Waals surface area contributed by atoms with Crippen LogP contribution in [0.25, 0.3) is 0 Å². The van der Waals surface area contributed by atoms with E-state index >= 15 is 0 Å². The molecule has 0 saturated heterocycles. The fourth-order valence-electron chi connectivity index (χ4n) is 1.26. The van der Waals surface area contributed by atoms with Gasteiger partial charge in [0, 0.05) is 25.8 Å². The van der Waals surface area contributed by atoms with Crippen molar-refractivity contribution in [2.24, 2.45) is 0 Å². The largest absolute Gasteiger partial charge is 0.382 e. The number of ether oxygens (including phenoxy) is 2. The molecule has 0 heterocycles. The summed E-state index contributed by atoms with van der Waals surface area (Å²) in [6.07, 6.45) is 0. The van der Waals surface area contributed by atoms with Gasteiger partial charge in [-0.25, -0.2) is 4.39 Å². The minimum atomic E-state index is -0.570. The molecule has 18 heavy (non-hydrogen) atoms. The zero-order valence-electron chi connectivity index (χ0n) is 10.0. The van der Waals surface area contributed by atoms with Crippen LogP contribution < -0.4 is 5.32 Å². The van der Waals surface area contributed by atoms with Crippen LogP contribution in [0.15, 0.2) is 18.2 Å². The highest BCUT2D eigenvalue weighted by atomic mass is 19.1. The summed E-state index contributed by atoms with van der Waals surface area (Å²) in [6.45, 7) is 1.67. The zero-order chi connectivity index (χ0) is 13.4. The summed E-state index contributed by atoms with van der Waals surface area (Å²) in [4.78, 5) is 9.96. The number of halogens is 1. The topological polar surface area (TPSA) is 73.6 Å². The molecule has 100 valence electrons. The highest BCUT2D eigenvalue weighted by molar-refractivity contribution is 5.52. The first-order valence-electron chi connectivity index (χ1n) is 5.39. The Balaban J connectivity index is 2.41. The molecule has 0 saturated carbocycles. The van der Waals surface area contributed by atoms with Gasteiger partial charge in [-0.2, -0.15) is 0 Å². The summed E-state index contributed by atoms with van der Waals surface area (Å²) in [7, 11) is 1.57. The quantitative estimate of drug-likeness (QED) is 0.437. The normalized spacial score (nSPS) is 10.3. The van der Waals surface area contributed by atoms with Crippen LogP contribution in [0.3, 0.4) is 0 Å². The van der Waals surface area contributed by atoms with E-state index in [2.05, 4.69) is 5.32 Å². The van der Waals surface area contributed by atoms with Gasteiger partial charge in [-0.05, 0) is 6.07 Å². The van der Waals surface area contributed by atoms with Gasteiger partial charge in [0.25, 0.3) is 5.69 Å². The number of nitrogens with one attached hydrogen (secondary N) is 1. The predicted octanol–water partition coefficient (Wildman–Crippen LogP) is 1.81. The summed E-state index contributed by atoms with van der Waals surface area (Å²) in [5.41, 5.74) is -0.0567. The Hall–Kier alpha value is -1.73. The van der Waals surface area contributed by atoms with Gasteiger partial charge >= 0.3 is 0 Å². The maximum absolute atomic E-state index is 13.3. The van der Waals surface area contributed by atoms with Crippen molar-refractivity contribution in [2.75, 3.05) is 38.8 Å². The van der Waals surface area contributed by atoms with Gasteiger partial charge in [-0.15, -0.1) is 0 Å². The van der Waals surface area contributed by atoms with E-state index in [4.69, 9.17) is 9.47 Å². The SMILES string of the molecule is COCCOCCNc1cc([N+](=O)[O-])ccc1F. The van der Waals surface area contributed by atoms with Crippen LogP contribution >= 0.6 is 0 Å². The first kappa shape index (κ1) is 14.3. The molecular weight excluding hydrogens is 243 g/mol. The van der Waals surface area contributed by atoms with Crippen molar-refractivity contribution in [3.8, 4) is 0 Å². The molecule has 0 amide bonds. The second kappa shape index (κ2) is 7.57. The van der Waals surface area contributed by atoms with Gasteiger partial charge in [0.1, 0.15) is 5.82 Å². The van der Waals surface area contributed by atoms with Crippen molar-refractivity contribution in [3.63, 3.8) is 0 Å². The second-order valence-corrected chi connectivity index (χ2v) is 3.45. The van der Waals surface area contributed by atoms with Crippen molar-refractivity contribution >= 4 is 11.4 Å². The molecule has 0 atom stereocenters. The molecule has 1 aromatic rings. The van der Waals surface area contributed by atoms with Crippen LogP contribution in [-0.4, -0.2) is 38.4 Å². The van der Waals surface area contributed by atoms with Crippen molar-refractivity contribution in [2.45, 2.75) is 0 Å². The van der Waals surface area contributed by atoms with E-state index in [-0.39, 0.29) is 11.4 Å². The number of nitrogens with zero attached hydrogens (tertiary/aromatic N) is 1. The molecule has 0 aliphatic carbocycles. The van der Waals surface area contributed by atoms with Gasteiger partial charge in [0.2, 0.25) is 0 Å². The molecule has 1 aromatic carbocycles. The molecule has 0 fully saturated rings. The summed E-state index contributed by atoms with van der Waals surface area (Å²) in [5, 5.41) is 13.3. The number of hydrogen-bond donors (Lipinski definition) is 1. The third-order valence-electron chi connectivity index (χ3n) is 2.15. The van der Waals surface area contributed by atoms with Gasteiger partial charge in [0.15, 0.2) is 0 Å². The van der Waals surface area contributed by atoms with Crippen molar-refractivity contribution in [3.05, 3.63) is 34.1 Å². The molecule has 7 heteroatoms. The van der Waals surface area contributed by atoms with E-state index in [0.717, 1.165) is 18.2 Å². The lowest BCUT2D eigenvalue weighted by molar-refractivity contribution is -0.384. The Bertz CT molecular complexity index is 401. The van der Waals surface area contributed by atoms with Gasteiger partial charge in [-0.3, -0.25) is 10.1 Å². The maximum Gasteiger partial charge on any atom is 0.271 e. The molecule has 1 rings (SSSR count). The Morgan fingerprint density at radius 3 is 2.83 bits per heavy atom. The molecule has 0 unspecified atom stereocenters. The average molecular weight is 258 g/mol. The lowest BCUT2D eigenvalue weighted by atomic mass is 10.2. The van der Waals surface area contributed by atoms with Gasteiger partial charge in [0.05, 0.1) is 30.4 Å². The maximum atomic E-state index is 13.3. The van der Waals surface area contributed by atoms with E-state index in [1.54, 1.807) is 7.11 Å². The summed E-state index contributed by atoms with van der Waals surface area (Å²) in [5.74, 6) is -0.530. The molecule has 0 aliphatic heterocycles. The minimum Gasteiger partial charge on any atom is -0.382 e. The van der Waals surface area contributed by atoms with E-state index in [1.807, 2.05) is 0 Å². The molecule has 0 aliphatic rings. The highest BCUT2D eigenvalue weighted by Gasteiger charge is 2.09. The van der Waals surface area contributed by atoms with Crippen LogP contribution in [0.1, 0.15) is 0 Å². The second-order valence-electron chi connectivity index (χ2n) is 3.45. The molecule has 6 nitrogen and oxygen atoms in total. The third-order valence-corrected chi connectivity index (χ3v) is 2.15. The van der Waals surface area contributed by atoms with Crippen LogP contribution in [0.2, 0.25) is 0 Å². The smallest absolute Gasteiger partial charge is 0.271 e. The van der Waals surface area contributed by atoms with Crippen LogP contribution in [0, 0.1) is 15.9 Å². The van der Waals surface area contributed by atoms with Crippen LogP contribution in [0.4, 0.5) is 15.8 Å². The Morgan fingerprint density at radius 2 is 2.17 bits per heavy atom. The van der Waals surface area contributed by atoms with E-state index in [9.17, 15) is 14.5 Å². The lowest BCUT2D eigenvalue weighted by Gasteiger charge is -2.08. The first-order chi connectivity index (χ1) is 8.65. The standard InChI is InChI=1S/C11H15FN2O4/c1-17-6-7-18-5-4-13-11-8-9(14(15)16)2-3-10(11)12/h2-3,8,13H,4-7H2,1H3. The Labute approximate surface area is 104 Å². The molecular formula is C11H15FN2O4. The van der Waals surface area contributed by atoms with Gasteiger partial charge in [-0.1, -0.05) is 0 Å². The van der Waals surface area contributed by atoms with Crippen molar-refractivity contribution in [1.82, 2.24) is 0 Å². The molecule has 0 bridgehead atoms. The number of nitro benzene ring substituents is 1.